The van der Waals surface area contributed by atoms with Crippen LogP contribution >= 0.6 is 0 Å². The minimum atomic E-state index is 0.137. The van der Waals surface area contributed by atoms with Crippen LogP contribution in [-0.2, 0) is 11.2 Å². The molecule has 0 bridgehead atoms. The van der Waals surface area contributed by atoms with Gasteiger partial charge in [0.25, 0.3) is 0 Å². The molecule has 0 aromatic heterocycles. The van der Waals surface area contributed by atoms with Gasteiger partial charge in [0.1, 0.15) is 0 Å². The summed E-state index contributed by atoms with van der Waals surface area (Å²) in [6, 6.07) is 6.40. The Kier molecular flexibility index (Phi) is 2.82. The normalized spacial score (nSPS) is 15.2. The maximum Gasteiger partial charge on any atom is 0.155 e. The van der Waals surface area contributed by atoms with E-state index in [1.165, 1.54) is 11.3 Å². The summed E-state index contributed by atoms with van der Waals surface area (Å²) in [6.07, 6.45) is 3.06. The Hall–Kier alpha value is -1.57. The molecule has 0 saturated heterocycles. The number of carbonyl (C=O) groups excluding carboxylic acids is 1. The number of hydrogen-bond acceptors (Lipinski definition) is 2. The number of hydrogen-bond donors (Lipinski definition) is 0. The molecular weight excluding hydrogens is 198 g/mol. The van der Waals surface area contributed by atoms with Gasteiger partial charge >= 0.3 is 0 Å². The molecule has 84 valence electrons. The predicted molar refractivity (Wildman–Crippen MR) is 67.7 cm³/mol. The van der Waals surface area contributed by atoms with Gasteiger partial charge in [-0.3, -0.25) is 4.79 Å². The largest absolute Gasteiger partial charge is 0.374 e. The van der Waals surface area contributed by atoms with E-state index in [9.17, 15) is 4.79 Å². The zero-order valence-electron chi connectivity index (χ0n) is 10.1. The Morgan fingerprint density at radius 2 is 2.12 bits per heavy atom. The smallest absolute Gasteiger partial charge is 0.155 e. The average Bonchev–Trinajstić information content (AvgIpc) is 2.60. The van der Waals surface area contributed by atoms with E-state index in [4.69, 9.17) is 0 Å². The van der Waals surface area contributed by atoms with E-state index in [-0.39, 0.29) is 5.78 Å². The molecule has 1 aliphatic heterocycles. The highest BCUT2D eigenvalue weighted by atomic mass is 16.1. The van der Waals surface area contributed by atoms with Gasteiger partial charge in [0.2, 0.25) is 0 Å². The molecule has 0 atom stereocenters. The van der Waals surface area contributed by atoms with Gasteiger partial charge < -0.3 is 4.90 Å². The lowest BCUT2D eigenvalue weighted by Gasteiger charge is -2.11. The van der Waals surface area contributed by atoms with Crippen LogP contribution in [0.5, 0.6) is 0 Å². The van der Waals surface area contributed by atoms with Crippen molar-refractivity contribution in [1.29, 1.82) is 0 Å². The monoisotopic (exact) mass is 215 g/mol. The highest BCUT2D eigenvalue weighted by Gasteiger charge is 2.14. The van der Waals surface area contributed by atoms with Crippen LogP contribution in [0.2, 0.25) is 0 Å². The summed E-state index contributed by atoms with van der Waals surface area (Å²) in [4.78, 5) is 13.4. The Balaban J connectivity index is 2.33. The second kappa shape index (κ2) is 4.12. The maximum absolute atomic E-state index is 11.2. The number of Topliss-reactive ketones (excluding diaryl/α,β-unsaturated/α-hetero) is 1. The highest BCUT2D eigenvalue weighted by Crippen LogP contribution is 2.28. The van der Waals surface area contributed by atoms with Gasteiger partial charge in [-0.15, -0.1) is 0 Å². The summed E-state index contributed by atoms with van der Waals surface area (Å²) in [5, 5.41) is 0. The minimum absolute atomic E-state index is 0.137. The number of fused-ring (bicyclic) bond motifs is 1. The number of anilines is 1. The van der Waals surface area contributed by atoms with Gasteiger partial charge in [-0.2, -0.15) is 0 Å². The number of likely N-dealkylation sites (N-methyl/N-ethyl adjacent to an activating group) is 1. The zero-order valence-corrected chi connectivity index (χ0v) is 10.1. The lowest BCUT2D eigenvalue weighted by Crippen LogP contribution is -2.12. The van der Waals surface area contributed by atoms with E-state index in [2.05, 4.69) is 30.1 Å². The SMILES string of the molecule is CC(=O)/C(C)=C\c1ccc2c(c1)CCN2C. The van der Waals surface area contributed by atoms with Gasteiger partial charge in [0.15, 0.2) is 5.78 Å². The van der Waals surface area contributed by atoms with Crippen LogP contribution in [0.3, 0.4) is 0 Å². The summed E-state index contributed by atoms with van der Waals surface area (Å²) in [7, 11) is 2.11. The van der Waals surface area contributed by atoms with Crippen molar-refractivity contribution in [3.63, 3.8) is 0 Å². The number of carbonyl (C=O) groups is 1. The fourth-order valence-corrected chi connectivity index (χ4v) is 2.03. The Morgan fingerprint density at radius 3 is 2.81 bits per heavy atom. The van der Waals surface area contributed by atoms with Crippen LogP contribution in [0.4, 0.5) is 5.69 Å². The first-order valence-electron chi connectivity index (χ1n) is 5.61. The van der Waals surface area contributed by atoms with Gasteiger partial charge in [-0.05, 0) is 55.2 Å². The second-order valence-corrected chi connectivity index (χ2v) is 4.44. The molecule has 0 unspecified atom stereocenters. The van der Waals surface area contributed by atoms with Crippen molar-refractivity contribution in [3.05, 3.63) is 34.9 Å². The van der Waals surface area contributed by atoms with Crippen molar-refractivity contribution in [1.82, 2.24) is 0 Å². The van der Waals surface area contributed by atoms with E-state index in [1.807, 2.05) is 13.0 Å². The van der Waals surface area contributed by atoms with Crippen LogP contribution in [0.15, 0.2) is 23.8 Å². The summed E-state index contributed by atoms with van der Waals surface area (Å²) < 4.78 is 0. The van der Waals surface area contributed by atoms with Crippen molar-refractivity contribution in [3.8, 4) is 0 Å². The molecule has 16 heavy (non-hydrogen) atoms. The summed E-state index contributed by atoms with van der Waals surface area (Å²) in [5.74, 6) is 0.137. The first-order chi connectivity index (χ1) is 7.58. The van der Waals surface area contributed by atoms with Gasteiger partial charge in [-0.25, -0.2) is 0 Å². The molecule has 2 heteroatoms. The third kappa shape index (κ3) is 2.01. The molecule has 0 aliphatic carbocycles. The molecule has 0 saturated carbocycles. The molecule has 0 spiro atoms. The van der Waals surface area contributed by atoms with Crippen molar-refractivity contribution in [2.24, 2.45) is 0 Å². The van der Waals surface area contributed by atoms with Gasteiger partial charge in [-0.1, -0.05) is 6.07 Å². The molecule has 1 aromatic carbocycles. The van der Waals surface area contributed by atoms with Gasteiger partial charge in [0, 0.05) is 19.3 Å². The van der Waals surface area contributed by atoms with E-state index in [0.29, 0.717) is 0 Å². The highest BCUT2D eigenvalue weighted by molar-refractivity contribution is 5.97. The molecule has 2 rings (SSSR count). The van der Waals surface area contributed by atoms with Crippen LogP contribution in [0.25, 0.3) is 6.08 Å². The van der Waals surface area contributed by atoms with Crippen LogP contribution in [0, 0.1) is 0 Å². The minimum Gasteiger partial charge on any atom is -0.374 e. The molecular formula is C14H17NO. The molecule has 0 N–H and O–H groups in total. The summed E-state index contributed by atoms with van der Waals surface area (Å²) in [5.41, 5.74) is 4.64. The lowest BCUT2D eigenvalue weighted by molar-refractivity contribution is -0.113. The van der Waals surface area contributed by atoms with E-state index in [1.54, 1.807) is 6.92 Å². The lowest BCUT2D eigenvalue weighted by atomic mass is 10.1. The average molecular weight is 215 g/mol. The third-order valence-corrected chi connectivity index (χ3v) is 3.17. The van der Waals surface area contributed by atoms with Crippen LogP contribution < -0.4 is 4.90 Å². The van der Waals surface area contributed by atoms with Crippen molar-refractivity contribution < 1.29 is 4.79 Å². The molecule has 2 nitrogen and oxygen atoms in total. The molecule has 1 aromatic rings. The fraction of sp³-hybridized carbons (Fsp3) is 0.357. The zero-order chi connectivity index (χ0) is 11.7. The van der Waals surface area contributed by atoms with Crippen LogP contribution in [-0.4, -0.2) is 19.4 Å². The maximum atomic E-state index is 11.2. The molecule has 0 radical (unpaired) electrons. The fourth-order valence-electron chi connectivity index (χ4n) is 2.03. The van der Waals surface area contributed by atoms with E-state index >= 15 is 0 Å². The first kappa shape index (κ1) is 10.9. The molecule has 0 amide bonds. The molecule has 1 aliphatic rings. The summed E-state index contributed by atoms with van der Waals surface area (Å²) in [6.45, 7) is 4.56. The molecule has 1 heterocycles. The predicted octanol–water partition coefficient (Wildman–Crippen LogP) is 2.67. The molecule has 0 fully saturated rings. The van der Waals surface area contributed by atoms with Crippen molar-refractivity contribution in [2.45, 2.75) is 20.3 Å². The number of allylic oxidation sites excluding steroid dienone is 1. The number of nitrogens with zero attached hydrogens (tertiary/aromatic N) is 1. The number of benzene rings is 1. The number of rotatable bonds is 2. The number of ketones is 1. The Labute approximate surface area is 96.6 Å². The van der Waals surface area contributed by atoms with E-state index < -0.39 is 0 Å². The Bertz CT molecular complexity index is 460. The Morgan fingerprint density at radius 1 is 1.38 bits per heavy atom. The van der Waals surface area contributed by atoms with Crippen molar-refractivity contribution in [2.75, 3.05) is 18.5 Å². The summed E-state index contributed by atoms with van der Waals surface area (Å²) >= 11 is 0. The topological polar surface area (TPSA) is 20.3 Å². The standard InChI is InChI=1S/C14H17NO/c1-10(11(2)16)8-12-4-5-14-13(9-12)6-7-15(14)3/h4-5,8-9H,6-7H2,1-3H3/b10-8-. The quantitative estimate of drug-likeness (QED) is 0.707. The van der Waals surface area contributed by atoms with Gasteiger partial charge in [0.05, 0.1) is 0 Å². The van der Waals surface area contributed by atoms with Crippen LogP contribution in [0.1, 0.15) is 25.0 Å². The second-order valence-electron chi connectivity index (χ2n) is 4.44. The van der Waals surface area contributed by atoms with Crippen molar-refractivity contribution >= 4 is 17.5 Å². The van der Waals surface area contributed by atoms with E-state index in [0.717, 1.165) is 24.1 Å². The third-order valence-electron chi connectivity index (χ3n) is 3.17. The first-order valence-corrected chi connectivity index (χ1v) is 5.61.